The van der Waals surface area contributed by atoms with Gasteiger partial charge in [-0.05, 0) is 78.7 Å². The van der Waals surface area contributed by atoms with Gasteiger partial charge in [-0.1, -0.05) is 234 Å². The standard InChI is InChI=1S/C58H119N5O/c1-9-16-21-26-31-36-41-46-59(47-42-37-32-27-22-17-10-2)51-52-61(50-45-40-35-30-25-20-13-5)56-58(64)63(15-7)54-53-62(14-6)57(8)55-60(48-43-38-33-28-23-18-11-3)49-44-39-34-29-24-19-12-4/h8-56H2,1-7H3. The summed E-state index contributed by atoms with van der Waals surface area (Å²) in [4.78, 5) is 26.8. The van der Waals surface area contributed by atoms with Crippen molar-refractivity contribution in [2.24, 2.45) is 0 Å². The third kappa shape index (κ3) is 40.0. The average molecular weight is 903 g/mol. The van der Waals surface area contributed by atoms with E-state index in [2.05, 4.69) is 79.5 Å². The van der Waals surface area contributed by atoms with Crippen molar-refractivity contribution in [1.82, 2.24) is 24.5 Å². The Kier molecular flexibility index (Phi) is 48.9. The van der Waals surface area contributed by atoms with Crippen molar-refractivity contribution in [2.75, 3.05) is 85.1 Å². The number of hydrogen-bond donors (Lipinski definition) is 0. The average Bonchev–Trinajstić information content (AvgIpc) is 3.29. The normalized spacial score (nSPS) is 11.8. The molecule has 0 aliphatic carbocycles. The second-order valence-corrected chi connectivity index (χ2v) is 20.1. The molecule has 0 aliphatic heterocycles. The van der Waals surface area contributed by atoms with Crippen LogP contribution in [0.15, 0.2) is 12.3 Å². The van der Waals surface area contributed by atoms with Crippen LogP contribution in [0.2, 0.25) is 0 Å². The molecule has 0 aliphatic rings. The van der Waals surface area contributed by atoms with Gasteiger partial charge in [-0.25, -0.2) is 0 Å². The molecule has 0 spiro atoms. The van der Waals surface area contributed by atoms with E-state index < -0.39 is 0 Å². The van der Waals surface area contributed by atoms with Gasteiger partial charge in [-0.15, -0.1) is 0 Å². The molecule has 0 radical (unpaired) electrons. The Bertz CT molecular complexity index is 923. The van der Waals surface area contributed by atoms with Crippen LogP contribution in [0.1, 0.15) is 273 Å². The minimum atomic E-state index is 0.317. The van der Waals surface area contributed by atoms with E-state index in [1.165, 1.54) is 257 Å². The molecular weight excluding hydrogens is 783 g/mol. The van der Waals surface area contributed by atoms with Gasteiger partial charge >= 0.3 is 0 Å². The molecule has 0 saturated heterocycles. The molecule has 0 fully saturated rings. The fraction of sp³-hybridized carbons (Fsp3) is 0.948. The third-order valence-corrected chi connectivity index (χ3v) is 14.1. The topological polar surface area (TPSA) is 33.3 Å². The van der Waals surface area contributed by atoms with Crippen molar-refractivity contribution >= 4 is 5.91 Å². The van der Waals surface area contributed by atoms with E-state index in [0.717, 1.165) is 52.4 Å². The Morgan fingerprint density at radius 2 is 0.531 bits per heavy atom. The molecule has 6 nitrogen and oxygen atoms in total. The molecule has 0 aromatic rings. The molecular formula is C58H119N5O. The largest absolute Gasteiger partial charge is 0.373 e. The summed E-state index contributed by atoms with van der Waals surface area (Å²) in [6, 6.07) is 0. The van der Waals surface area contributed by atoms with Crippen LogP contribution in [0, 0.1) is 0 Å². The second kappa shape index (κ2) is 49.8. The van der Waals surface area contributed by atoms with Gasteiger partial charge in [0, 0.05) is 51.5 Å². The smallest absolute Gasteiger partial charge is 0.236 e. The van der Waals surface area contributed by atoms with E-state index in [4.69, 9.17) is 0 Å². The fourth-order valence-electron chi connectivity index (χ4n) is 9.51. The van der Waals surface area contributed by atoms with Crippen molar-refractivity contribution in [2.45, 2.75) is 273 Å². The van der Waals surface area contributed by atoms with Crippen LogP contribution in [0.4, 0.5) is 0 Å². The molecule has 0 N–H and O–H groups in total. The summed E-state index contributed by atoms with van der Waals surface area (Å²) >= 11 is 0. The van der Waals surface area contributed by atoms with Gasteiger partial charge in [0.2, 0.25) is 5.91 Å². The number of hydrogen-bond acceptors (Lipinski definition) is 5. The van der Waals surface area contributed by atoms with Gasteiger partial charge in [0.05, 0.1) is 6.54 Å². The molecule has 0 saturated carbocycles. The van der Waals surface area contributed by atoms with E-state index in [9.17, 15) is 4.79 Å². The van der Waals surface area contributed by atoms with Gasteiger partial charge in [0.1, 0.15) is 0 Å². The van der Waals surface area contributed by atoms with Gasteiger partial charge in [-0.2, -0.15) is 0 Å². The zero-order valence-electron chi connectivity index (χ0n) is 45.3. The maximum atomic E-state index is 14.2. The molecule has 64 heavy (non-hydrogen) atoms. The lowest BCUT2D eigenvalue weighted by molar-refractivity contribution is -0.132. The van der Waals surface area contributed by atoms with Crippen molar-refractivity contribution < 1.29 is 4.79 Å². The van der Waals surface area contributed by atoms with E-state index in [-0.39, 0.29) is 0 Å². The number of amides is 1. The van der Waals surface area contributed by atoms with Gasteiger partial charge in [0.15, 0.2) is 0 Å². The lowest BCUT2D eigenvalue weighted by Crippen LogP contribution is -2.46. The monoisotopic (exact) mass is 902 g/mol. The molecule has 0 rings (SSSR count). The summed E-state index contributed by atoms with van der Waals surface area (Å²) in [5, 5.41) is 0. The highest BCUT2D eigenvalue weighted by Gasteiger charge is 2.19. The quantitative estimate of drug-likeness (QED) is 0.0568. The zero-order valence-corrected chi connectivity index (χ0v) is 45.3. The van der Waals surface area contributed by atoms with Crippen LogP contribution in [0.5, 0.6) is 0 Å². The number of rotatable bonds is 53. The second-order valence-electron chi connectivity index (χ2n) is 20.1. The van der Waals surface area contributed by atoms with Gasteiger partial charge in [-0.3, -0.25) is 14.6 Å². The first-order valence-electron chi connectivity index (χ1n) is 29.3. The summed E-state index contributed by atoms with van der Waals surface area (Å²) in [5.41, 5.74) is 1.24. The molecule has 0 aromatic heterocycles. The molecule has 6 heteroatoms. The predicted molar refractivity (Wildman–Crippen MR) is 288 cm³/mol. The summed E-state index contributed by atoms with van der Waals surface area (Å²) in [6.45, 7) is 33.5. The molecule has 0 aromatic carbocycles. The summed E-state index contributed by atoms with van der Waals surface area (Å²) in [7, 11) is 0. The minimum absolute atomic E-state index is 0.317. The number of nitrogens with zero attached hydrogens (tertiary/aromatic N) is 5. The maximum Gasteiger partial charge on any atom is 0.236 e. The lowest BCUT2D eigenvalue weighted by Gasteiger charge is -2.33. The Hall–Kier alpha value is -1.11. The highest BCUT2D eigenvalue weighted by molar-refractivity contribution is 5.78. The number of carbonyl (C=O) groups excluding carboxylic acids is 1. The molecule has 0 heterocycles. The SMILES string of the molecule is C=C(CN(CCCCCCCCC)CCCCCCCCC)N(CC)CCN(CC)C(=O)CN(CCCCCCCCC)CCN(CCCCCCCCC)CCCCCCCCC. The number of carbonyl (C=O) groups is 1. The van der Waals surface area contributed by atoms with Crippen molar-refractivity contribution in [3.8, 4) is 0 Å². The number of unbranched alkanes of at least 4 members (excludes halogenated alkanes) is 30. The molecule has 382 valence electrons. The highest BCUT2D eigenvalue weighted by atomic mass is 16.2. The van der Waals surface area contributed by atoms with E-state index in [1.54, 1.807) is 0 Å². The molecule has 0 atom stereocenters. The summed E-state index contributed by atoms with van der Waals surface area (Å²) in [6.07, 6.45) is 47.4. The molecule has 0 unspecified atom stereocenters. The highest BCUT2D eigenvalue weighted by Crippen LogP contribution is 2.15. The van der Waals surface area contributed by atoms with Crippen molar-refractivity contribution in [3.63, 3.8) is 0 Å². The maximum absolute atomic E-state index is 14.2. The van der Waals surface area contributed by atoms with E-state index in [1.807, 2.05) is 0 Å². The van der Waals surface area contributed by atoms with Gasteiger partial charge in [0.25, 0.3) is 0 Å². The Balaban J connectivity index is 5.54. The third-order valence-electron chi connectivity index (χ3n) is 14.1. The Labute approximate surface area is 404 Å². The predicted octanol–water partition coefficient (Wildman–Crippen LogP) is 16.3. The lowest BCUT2D eigenvalue weighted by atomic mass is 10.1. The first kappa shape index (κ1) is 62.9. The van der Waals surface area contributed by atoms with E-state index in [0.29, 0.717) is 12.5 Å². The molecule has 1 amide bonds. The summed E-state index contributed by atoms with van der Waals surface area (Å²) < 4.78 is 0. The Morgan fingerprint density at radius 3 is 0.844 bits per heavy atom. The van der Waals surface area contributed by atoms with E-state index >= 15 is 0 Å². The molecule has 0 bridgehead atoms. The van der Waals surface area contributed by atoms with Crippen LogP contribution >= 0.6 is 0 Å². The zero-order chi connectivity index (χ0) is 47.0. The van der Waals surface area contributed by atoms with Crippen LogP contribution in [0.3, 0.4) is 0 Å². The van der Waals surface area contributed by atoms with Crippen molar-refractivity contribution in [3.05, 3.63) is 12.3 Å². The first-order chi connectivity index (χ1) is 31.4. The fourth-order valence-corrected chi connectivity index (χ4v) is 9.51. The van der Waals surface area contributed by atoms with Crippen LogP contribution in [-0.2, 0) is 4.79 Å². The van der Waals surface area contributed by atoms with Crippen LogP contribution in [-0.4, -0.2) is 115 Å². The summed E-state index contributed by atoms with van der Waals surface area (Å²) in [5.74, 6) is 0.317. The van der Waals surface area contributed by atoms with Gasteiger partial charge < -0.3 is 14.7 Å². The van der Waals surface area contributed by atoms with Crippen LogP contribution < -0.4 is 0 Å². The minimum Gasteiger partial charge on any atom is -0.373 e. The van der Waals surface area contributed by atoms with Crippen molar-refractivity contribution in [1.29, 1.82) is 0 Å². The Morgan fingerprint density at radius 1 is 0.281 bits per heavy atom. The number of likely N-dealkylation sites (N-methyl/N-ethyl adjacent to an activating group) is 2. The first-order valence-corrected chi connectivity index (χ1v) is 29.3. The van der Waals surface area contributed by atoms with Crippen LogP contribution in [0.25, 0.3) is 0 Å².